The Bertz CT molecular complexity index is 551. The van der Waals surface area contributed by atoms with Gasteiger partial charge in [0.15, 0.2) is 0 Å². The number of rotatable bonds is 6. The Morgan fingerprint density at radius 3 is 2.33 bits per heavy atom. The van der Waals surface area contributed by atoms with Gasteiger partial charge in [0.05, 0.1) is 18.6 Å². The Morgan fingerprint density at radius 2 is 1.79 bits per heavy atom. The average Bonchev–Trinajstić information content (AvgIpc) is 2.56. The normalized spacial score (nSPS) is 21.8. The zero-order valence-corrected chi connectivity index (χ0v) is 14.0. The van der Waals surface area contributed by atoms with Crippen LogP contribution in [0.3, 0.4) is 0 Å². The molecule has 1 aliphatic carbocycles. The van der Waals surface area contributed by atoms with Gasteiger partial charge in [-0.25, -0.2) is 4.79 Å². The number of nitrogens with one attached hydrogen (secondary N) is 2. The molecule has 2 rings (SSSR count). The number of carboxylic acid groups (broad SMARTS) is 1. The van der Waals surface area contributed by atoms with Crippen LogP contribution in [-0.4, -0.2) is 40.9 Å². The molecule has 0 aromatic heterocycles. The number of hydrogen-bond donors (Lipinski definition) is 4. The van der Waals surface area contributed by atoms with E-state index in [4.69, 9.17) is 5.11 Å². The fourth-order valence-electron chi connectivity index (χ4n) is 3.07. The molecule has 1 saturated carbocycles. The SMILES string of the molecule is Cc1ccc(CC(CO)NC(=O)NC2CCC(C(=O)O)CC2)cc1. The Balaban J connectivity index is 1.77. The van der Waals surface area contributed by atoms with Crippen molar-refractivity contribution in [3.8, 4) is 0 Å². The molecule has 1 aliphatic rings. The second-order valence-electron chi connectivity index (χ2n) is 6.57. The smallest absolute Gasteiger partial charge is 0.315 e. The number of carboxylic acids is 1. The van der Waals surface area contributed by atoms with Crippen LogP contribution >= 0.6 is 0 Å². The van der Waals surface area contributed by atoms with Gasteiger partial charge < -0.3 is 20.8 Å². The lowest BCUT2D eigenvalue weighted by atomic mass is 9.86. The van der Waals surface area contributed by atoms with Crippen LogP contribution in [0.1, 0.15) is 36.8 Å². The number of hydrogen-bond acceptors (Lipinski definition) is 3. The first-order valence-corrected chi connectivity index (χ1v) is 8.44. The summed E-state index contributed by atoms with van der Waals surface area (Å²) < 4.78 is 0. The van der Waals surface area contributed by atoms with Crippen molar-refractivity contribution in [2.45, 2.75) is 51.1 Å². The summed E-state index contributed by atoms with van der Waals surface area (Å²) in [6, 6.07) is 7.34. The number of aliphatic hydroxyl groups excluding tert-OH is 1. The first-order valence-electron chi connectivity index (χ1n) is 8.44. The summed E-state index contributed by atoms with van der Waals surface area (Å²) in [5, 5.41) is 24.2. The summed E-state index contributed by atoms with van der Waals surface area (Å²) in [7, 11) is 0. The van der Waals surface area contributed by atoms with Crippen molar-refractivity contribution in [2.24, 2.45) is 5.92 Å². The highest BCUT2D eigenvalue weighted by atomic mass is 16.4. The van der Waals surface area contributed by atoms with Crippen molar-refractivity contribution in [2.75, 3.05) is 6.61 Å². The predicted molar refractivity (Wildman–Crippen MR) is 90.8 cm³/mol. The number of aliphatic carboxylic acids is 1. The van der Waals surface area contributed by atoms with E-state index in [1.165, 1.54) is 5.56 Å². The fourth-order valence-corrected chi connectivity index (χ4v) is 3.07. The maximum atomic E-state index is 12.1. The number of aliphatic hydroxyl groups is 1. The van der Waals surface area contributed by atoms with Crippen LogP contribution in [-0.2, 0) is 11.2 Å². The van der Waals surface area contributed by atoms with Gasteiger partial charge in [-0.2, -0.15) is 0 Å². The number of benzene rings is 1. The highest BCUT2D eigenvalue weighted by Crippen LogP contribution is 2.24. The highest BCUT2D eigenvalue weighted by Gasteiger charge is 2.27. The first-order chi connectivity index (χ1) is 11.5. The summed E-state index contributed by atoms with van der Waals surface area (Å²) in [5.41, 5.74) is 2.23. The van der Waals surface area contributed by atoms with Gasteiger partial charge in [0.25, 0.3) is 0 Å². The molecule has 0 heterocycles. The van der Waals surface area contributed by atoms with Crippen LogP contribution in [0.4, 0.5) is 4.79 Å². The molecule has 1 atom stereocenters. The van der Waals surface area contributed by atoms with Gasteiger partial charge in [-0.15, -0.1) is 0 Å². The maximum absolute atomic E-state index is 12.1. The maximum Gasteiger partial charge on any atom is 0.315 e. The molecular weight excluding hydrogens is 308 g/mol. The van der Waals surface area contributed by atoms with Crippen molar-refractivity contribution in [1.82, 2.24) is 10.6 Å². The van der Waals surface area contributed by atoms with Gasteiger partial charge in [0.1, 0.15) is 0 Å². The fraction of sp³-hybridized carbons (Fsp3) is 0.556. The molecule has 0 spiro atoms. The second-order valence-corrected chi connectivity index (χ2v) is 6.57. The molecule has 2 amide bonds. The van der Waals surface area contributed by atoms with Crippen molar-refractivity contribution in [3.05, 3.63) is 35.4 Å². The van der Waals surface area contributed by atoms with Crippen LogP contribution in [0.25, 0.3) is 0 Å². The van der Waals surface area contributed by atoms with Crippen molar-refractivity contribution < 1.29 is 19.8 Å². The minimum atomic E-state index is -0.753. The van der Waals surface area contributed by atoms with Crippen LogP contribution in [0.15, 0.2) is 24.3 Å². The topological polar surface area (TPSA) is 98.7 Å². The zero-order valence-electron chi connectivity index (χ0n) is 14.0. The van der Waals surface area contributed by atoms with Gasteiger partial charge in [0, 0.05) is 6.04 Å². The molecule has 6 nitrogen and oxygen atoms in total. The monoisotopic (exact) mass is 334 g/mol. The van der Waals surface area contributed by atoms with E-state index in [1.807, 2.05) is 31.2 Å². The molecule has 24 heavy (non-hydrogen) atoms. The number of carbonyl (C=O) groups is 2. The molecule has 132 valence electrons. The third kappa shape index (κ3) is 5.53. The molecule has 1 unspecified atom stereocenters. The zero-order chi connectivity index (χ0) is 17.5. The van der Waals surface area contributed by atoms with E-state index in [9.17, 15) is 14.7 Å². The van der Waals surface area contributed by atoms with Crippen LogP contribution in [0.2, 0.25) is 0 Å². The van der Waals surface area contributed by atoms with Gasteiger partial charge >= 0.3 is 12.0 Å². The standard InChI is InChI=1S/C18H26N2O4/c1-12-2-4-13(5-3-12)10-16(11-21)20-18(24)19-15-8-6-14(7-9-15)17(22)23/h2-5,14-16,21H,6-11H2,1H3,(H,22,23)(H2,19,20,24). The number of amides is 2. The minimum Gasteiger partial charge on any atom is -0.481 e. The van der Waals surface area contributed by atoms with Gasteiger partial charge in [-0.05, 0) is 44.6 Å². The molecule has 6 heteroatoms. The largest absolute Gasteiger partial charge is 0.481 e. The van der Waals surface area contributed by atoms with Gasteiger partial charge in [0.2, 0.25) is 0 Å². The van der Waals surface area contributed by atoms with Crippen LogP contribution in [0.5, 0.6) is 0 Å². The number of urea groups is 1. The third-order valence-corrected chi connectivity index (χ3v) is 4.57. The molecule has 1 aromatic carbocycles. The van der Waals surface area contributed by atoms with Crippen LogP contribution < -0.4 is 10.6 Å². The summed E-state index contributed by atoms with van der Waals surface area (Å²) in [5.74, 6) is -1.05. The lowest BCUT2D eigenvalue weighted by Crippen LogP contribution is -2.49. The van der Waals surface area contributed by atoms with Crippen molar-refractivity contribution >= 4 is 12.0 Å². The summed E-state index contributed by atoms with van der Waals surface area (Å²) >= 11 is 0. The molecule has 0 aliphatic heterocycles. The molecule has 0 bridgehead atoms. The third-order valence-electron chi connectivity index (χ3n) is 4.57. The predicted octanol–water partition coefficient (Wildman–Crippen LogP) is 1.84. The van der Waals surface area contributed by atoms with E-state index < -0.39 is 5.97 Å². The van der Waals surface area contributed by atoms with Gasteiger partial charge in [-0.3, -0.25) is 4.79 Å². The van der Waals surface area contributed by atoms with Crippen molar-refractivity contribution in [1.29, 1.82) is 0 Å². The molecule has 1 aromatic rings. The number of carbonyl (C=O) groups excluding carboxylic acids is 1. The van der Waals surface area contributed by atoms with E-state index in [1.54, 1.807) is 0 Å². The van der Waals surface area contributed by atoms with Gasteiger partial charge in [-0.1, -0.05) is 29.8 Å². The molecule has 0 saturated heterocycles. The lowest BCUT2D eigenvalue weighted by molar-refractivity contribution is -0.142. The summed E-state index contributed by atoms with van der Waals surface area (Å²) in [4.78, 5) is 23.0. The highest BCUT2D eigenvalue weighted by molar-refractivity contribution is 5.74. The quantitative estimate of drug-likeness (QED) is 0.638. The number of aryl methyl sites for hydroxylation is 1. The van der Waals surface area contributed by atoms with E-state index in [2.05, 4.69) is 10.6 Å². The second kappa shape index (κ2) is 8.68. The minimum absolute atomic E-state index is 0.000632. The average molecular weight is 334 g/mol. The van der Waals surface area contributed by atoms with E-state index in [-0.39, 0.29) is 30.6 Å². The first kappa shape index (κ1) is 18.3. The van der Waals surface area contributed by atoms with E-state index in [0.717, 1.165) is 5.56 Å². The summed E-state index contributed by atoms with van der Waals surface area (Å²) in [6.45, 7) is 1.88. The molecular formula is C18H26N2O4. The van der Waals surface area contributed by atoms with Crippen LogP contribution in [0, 0.1) is 12.8 Å². The van der Waals surface area contributed by atoms with E-state index in [0.29, 0.717) is 32.1 Å². The molecule has 0 radical (unpaired) electrons. The van der Waals surface area contributed by atoms with E-state index >= 15 is 0 Å². The van der Waals surface area contributed by atoms with Crippen molar-refractivity contribution in [3.63, 3.8) is 0 Å². The molecule has 4 N–H and O–H groups in total. The Hall–Kier alpha value is -2.08. The Kier molecular flexibility index (Phi) is 6.61. The molecule has 1 fully saturated rings. The Labute approximate surface area is 142 Å². The Morgan fingerprint density at radius 1 is 1.17 bits per heavy atom. The summed E-state index contributed by atoms with van der Waals surface area (Å²) in [6.07, 6.45) is 3.09. The lowest BCUT2D eigenvalue weighted by Gasteiger charge is -2.27.